The molecule has 0 saturated heterocycles. The molecule has 0 amide bonds. The van der Waals surface area contributed by atoms with E-state index in [0.717, 1.165) is 18.5 Å². The molecule has 1 aromatic carbocycles. The van der Waals surface area contributed by atoms with Gasteiger partial charge in [-0.1, -0.05) is 0 Å². The second-order valence-electron chi connectivity index (χ2n) is 7.93. The quantitative estimate of drug-likeness (QED) is 0.315. The summed E-state index contributed by atoms with van der Waals surface area (Å²) in [4.78, 5) is 16.2. The van der Waals surface area contributed by atoms with E-state index in [-0.39, 0.29) is 15.4 Å². The van der Waals surface area contributed by atoms with Crippen molar-refractivity contribution >= 4 is 32.2 Å². The minimum absolute atomic E-state index is 0.143. The van der Waals surface area contributed by atoms with E-state index in [1.165, 1.54) is 18.2 Å². The first-order valence-electron chi connectivity index (χ1n) is 10.4. The van der Waals surface area contributed by atoms with Gasteiger partial charge in [-0.05, 0) is 44.0 Å². The summed E-state index contributed by atoms with van der Waals surface area (Å²) >= 11 is 1.66. The summed E-state index contributed by atoms with van der Waals surface area (Å²) in [5.41, 5.74) is 9.26. The number of nitrogens with two attached hydrogens (primary N) is 1. The number of aromatic nitrogens is 3. The van der Waals surface area contributed by atoms with E-state index in [9.17, 15) is 14.4 Å². The molecular formula is C23H22FIN6O2. The van der Waals surface area contributed by atoms with Gasteiger partial charge in [0.05, 0.1) is 5.69 Å². The SMILES string of the molecule is C[C@@H](Oc1cc(-c2c(CNC3CC3)nn(C)c2C#N)cnc1N)c1cc(F)ccc1C(=O)I. The highest BCUT2D eigenvalue weighted by molar-refractivity contribution is 14.1. The number of nitrogen functional groups attached to an aromatic ring is 1. The zero-order valence-electron chi connectivity index (χ0n) is 18.1. The van der Waals surface area contributed by atoms with Gasteiger partial charge in [-0.15, -0.1) is 0 Å². The first-order chi connectivity index (χ1) is 15.8. The number of anilines is 1. The van der Waals surface area contributed by atoms with Crippen molar-refractivity contribution < 1.29 is 13.9 Å². The average molecular weight is 560 g/mol. The van der Waals surface area contributed by atoms with Gasteiger partial charge in [0.25, 0.3) is 0 Å². The van der Waals surface area contributed by atoms with Crippen LogP contribution in [0.1, 0.15) is 53.2 Å². The zero-order valence-corrected chi connectivity index (χ0v) is 20.3. The molecule has 2 heterocycles. The molecule has 0 unspecified atom stereocenters. The van der Waals surface area contributed by atoms with Crippen molar-refractivity contribution in [2.75, 3.05) is 5.73 Å². The Morgan fingerprint density at radius 3 is 2.88 bits per heavy atom. The molecule has 1 aliphatic rings. The molecule has 170 valence electrons. The van der Waals surface area contributed by atoms with Gasteiger partial charge in [-0.25, -0.2) is 9.37 Å². The van der Waals surface area contributed by atoms with Crippen LogP contribution in [0.5, 0.6) is 5.75 Å². The van der Waals surface area contributed by atoms with Crippen molar-refractivity contribution in [3.8, 4) is 22.9 Å². The molecule has 1 fully saturated rings. The van der Waals surface area contributed by atoms with Crippen LogP contribution >= 0.6 is 22.6 Å². The molecule has 4 rings (SSSR count). The Balaban J connectivity index is 1.69. The van der Waals surface area contributed by atoms with E-state index >= 15 is 0 Å². The van der Waals surface area contributed by atoms with Crippen LogP contribution in [0.4, 0.5) is 10.2 Å². The van der Waals surface area contributed by atoms with Gasteiger partial charge in [0.2, 0.25) is 3.79 Å². The van der Waals surface area contributed by atoms with E-state index in [0.29, 0.717) is 40.5 Å². The third-order valence-corrected chi connectivity index (χ3v) is 6.08. The standard InChI is InChI=1S/C23H22FIN6O2/c1-12(17-8-14(24)3-6-16(17)22(25)32)33-20-7-13(10-29-23(20)27)21-18(11-28-15-4-5-15)30-31(2)19(21)9-26/h3,6-8,10,12,15,28H,4-5,11H2,1-2H3,(H2,27,29)/t12-/m1/s1. The Labute approximate surface area is 204 Å². The lowest BCUT2D eigenvalue weighted by Gasteiger charge is -2.19. The number of aryl methyl sites for hydroxylation is 1. The number of hydrogen-bond donors (Lipinski definition) is 2. The minimum Gasteiger partial charge on any atom is -0.482 e. The number of carbonyl (C=O) groups is 1. The maximum atomic E-state index is 13.9. The summed E-state index contributed by atoms with van der Waals surface area (Å²) in [5, 5.41) is 17.6. The Morgan fingerprint density at radius 2 is 2.21 bits per heavy atom. The molecule has 0 bridgehead atoms. The molecular weight excluding hydrogens is 538 g/mol. The number of benzene rings is 1. The molecule has 1 saturated carbocycles. The summed E-state index contributed by atoms with van der Waals surface area (Å²) in [7, 11) is 1.72. The molecule has 2 aromatic heterocycles. The van der Waals surface area contributed by atoms with Crippen molar-refractivity contribution in [1.82, 2.24) is 20.1 Å². The lowest BCUT2D eigenvalue weighted by molar-refractivity contribution is 0.110. The second-order valence-corrected chi connectivity index (χ2v) is 8.91. The molecule has 1 atom stereocenters. The number of nitriles is 1. The Kier molecular flexibility index (Phi) is 6.62. The number of hydrogen-bond acceptors (Lipinski definition) is 7. The largest absolute Gasteiger partial charge is 0.482 e. The number of carbonyl (C=O) groups excluding carboxylic acids is 1. The molecule has 0 spiro atoms. The molecule has 3 N–H and O–H groups in total. The maximum Gasteiger partial charge on any atom is 0.222 e. The highest BCUT2D eigenvalue weighted by atomic mass is 127. The average Bonchev–Trinajstić information content (AvgIpc) is 3.55. The molecule has 3 aromatic rings. The van der Waals surface area contributed by atoms with Gasteiger partial charge in [-0.3, -0.25) is 9.48 Å². The fraction of sp³-hybridized carbons (Fsp3) is 0.304. The number of rotatable bonds is 8. The topological polar surface area (TPSA) is 119 Å². The summed E-state index contributed by atoms with van der Waals surface area (Å²) in [6.07, 6.45) is 3.17. The smallest absolute Gasteiger partial charge is 0.222 e. The van der Waals surface area contributed by atoms with Gasteiger partial charge in [0.15, 0.2) is 11.6 Å². The van der Waals surface area contributed by atoms with Crippen molar-refractivity contribution in [2.24, 2.45) is 7.05 Å². The fourth-order valence-electron chi connectivity index (χ4n) is 3.65. The Morgan fingerprint density at radius 1 is 1.45 bits per heavy atom. The van der Waals surface area contributed by atoms with E-state index in [4.69, 9.17) is 10.5 Å². The highest BCUT2D eigenvalue weighted by Crippen LogP contribution is 2.35. The van der Waals surface area contributed by atoms with Crippen molar-refractivity contribution in [1.29, 1.82) is 5.26 Å². The minimum atomic E-state index is -0.672. The number of nitrogens with one attached hydrogen (secondary N) is 1. The van der Waals surface area contributed by atoms with Crippen LogP contribution in [0, 0.1) is 17.1 Å². The van der Waals surface area contributed by atoms with Crippen molar-refractivity contribution in [2.45, 2.75) is 38.5 Å². The van der Waals surface area contributed by atoms with Crippen LogP contribution in [-0.4, -0.2) is 24.6 Å². The van der Waals surface area contributed by atoms with Crippen LogP contribution in [-0.2, 0) is 13.6 Å². The van der Waals surface area contributed by atoms with Gasteiger partial charge in [0, 0.05) is 70.7 Å². The van der Waals surface area contributed by atoms with Crippen LogP contribution < -0.4 is 15.8 Å². The molecule has 0 radical (unpaired) electrons. The number of ether oxygens (including phenoxy) is 1. The predicted molar refractivity (Wildman–Crippen MR) is 129 cm³/mol. The van der Waals surface area contributed by atoms with E-state index in [2.05, 4.69) is 21.5 Å². The first kappa shape index (κ1) is 23.1. The molecule has 1 aliphatic carbocycles. The fourth-order valence-corrected chi connectivity index (χ4v) is 4.14. The lowest BCUT2D eigenvalue weighted by Crippen LogP contribution is -2.16. The summed E-state index contributed by atoms with van der Waals surface area (Å²) in [6, 6.07) is 8.34. The third kappa shape index (κ3) is 4.99. The first-order valence-corrected chi connectivity index (χ1v) is 11.5. The van der Waals surface area contributed by atoms with Gasteiger partial charge in [-0.2, -0.15) is 10.4 Å². The monoisotopic (exact) mass is 560 g/mol. The van der Waals surface area contributed by atoms with Gasteiger partial charge < -0.3 is 15.8 Å². The molecule has 10 heteroatoms. The normalized spacial score (nSPS) is 14.0. The van der Waals surface area contributed by atoms with Crippen LogP contribution in [0.3, 0.4) is 0 Å². The number of halogens is 2. The lowest BCUT2D eigenvalue weighted by atomic mass is 10.0. The van der Waals surface area contributed by atoms with E-state index in [1.807, 2.05) is 0 Å². The second kappa shape index (κ2) is 9.44. The summed E-state index contributed by atoms with van der Waals surface area (Å²) in [5.74, 6) is -0.0575. The number of nitrogens with zero attached hydrogens (tertiary/aromatic N) is 4. The maximum absolute atomic E-state index is 13.9. The van der Waals surface area contributed by atoms with Gasteiger partial charge in [0.1, 0.15) is 23.7 Å². The van der Waals surface area contributed by atoms with E-state index < -0.39 is 11.9 Å². The molecule has 0 aliphatic heterocycles. The Hall–Kier alpha value is -3.04. The predicted octanol–water partition coefficient (Wildman–Crippen LogP) is 4.04. The van der Waals surface area contributed by atoms with Crippen LogP contribution in [0.2, 0.25) is 0 Å². The van der Waals surface area contributed by atoms with E-state index in [1.54, 1.807) is 53.5 Å². The zero-order chi connectivity index (χ0) is 23.7. The van der Waals surface area contributed by atoms with Crippen LogP contribution in [0.15, 0.2) is 30.5 Å². The summed E-state index contributed by atoms with van der Waals surface area (Å²) < 4.78 is 21.2. The third-order valence-electron chi connectivity index (χ3n) is 5.50. The summed E-state index contributed by atoms with van der Waals surface area (Å²) in [6.45, 7) is 2.23. The Bertz CT molecular complexity index is 1260. The van der Waals surface area contributed by atoms with Crippen molar-refractivity contribution in [3.05, 3.63) is 58.8 Å². The number of pyridine rings is 1. The van der Waals surface area contributed by atoms with Gasteiger partial charge >= 0.3 is 0 Å². The van der Waals surface area contributed by atoms with Crippen molar-refractivity contribution in [3.63, 3.8) is 0 Å². The highest BCUT2D eigenvalue weighted by Gasteiger charge is 2.25. The molecule has 33 heavy (non-hydrogen) atoms. The molecule has 8 nitrogen and oxygen atoms in total. The van der Waals surface area contributed by atoms with Crippen LogP contribution in [0.25, 0.3) is 11.1 Å².